The van der Waals surface area contributed by atoms with Crippen molar-refractivity contribution in [3.8, 4) is 22.5 Å². The predicted molar refractivity (Wildman–Crippen MR) is 238 cm³/mol. The smallest absolute Gasteiger partial charge is 0.378 e. The largest absolute Gasteiger partial charge is 0.522 e. The molecule has 0 unspecified atom stereocenters. The van der Waals surface area contributed by atoms with Crippen molar-refractivity contribution in [2.24, 2.45) is 11.3 Å². The van der Waals surface area contributed by atoms with Crippen LogP contribution in [0.1, 0.15) is 76.8 Å². The zero-order valence-electron chi connectivity index (χ0n) is 38.2. The lowest BCUT2D eigenvalue weighted by atomic mass is 9.84. The highest BCUT2D eigenvalue weighted by atomic mass is 32.1. The Labute approximate surface area is 380 Å². The number of nitrogens with zero attached hydrogens (tertiary/aromatic N) is 6. The molecule has 1 aromatic carbocycles. The molecule has 2 saturated heterocycles. The molecule has 0 aliphatic carbocycles. The van der Waals surface area contributed by atoms with Gasteiger partial charge in [-0.3, -0.25) is 24.3 Å². The minimum atomic E-state index is -4.84. The summed E-state index contributed by atoms with van der Waals surface area (Å²) in [4.78, 5) is 67.6. The number of likely N-dealkylation sites (tertiary alicyclic amines) is 1. The number of urea groups is 1. The number of hydrogen-bond donors (Lipinski definition) is 2. The Morgan fingerprint density at radius 1 is 1.17 bits per heavy atom. The number of nitrogens with one attached hydrogen (secondary N) is 2. The first kappa shape index (κ1) is 48.0. The summed E-state index contributed by atoms with van der Waals surface area (Å²) < 4.78 is 57.0. The van der Waals surface area contributed by atoms with Crippen molar-refractivity contribution >= 4 is 46.4 Å². The van der Waals surface area contributed by atoms with Gasteiger partial charge in [-0.2, -0.15) is 0 Å². The molecule has 0 radical (unpaired) electrons. The molecule has 6 heterocycles. The van der Waals surface area contributed by atoms with Gasteiger partial charge in [-0.15, -0.1) is 24.5 Å². The maximum atomic E-state index is 14.6. The summed E-state index contributed by atoms with van der Waals surface area (Å²) in [6, 6.07) is 7.37. The van der Waals surface area contributed by atoms with Crippen LogP contribution in [0.2, 0.25) is 0 Å². The summed E-state index contributed by atoms with van der Waals surface area (Å²) in [5.74, 6) is -1.60. The quantitative estimate of drug-likeness (QED) is 0.167. The Morgan fingerprint density at radius 2 is 1.92 bits per heavy atom. The van der Waals surface area contributed by atoms with Crippen molar-refractivity contribution in [3.63, 3.8) is 0 Å². The molecular weight excluding hydrogens is 866 g/mol. The Kier molecular flexibility index (Phi) is 14.1. The van der Waals surface area contributed by atoms with Crippen molar-refractivity contribution in [1.29, 1.82) is 0 Å². The molecule has 2 fully saturated rings. The number of hydrogen-bond acceptors (Lipinski definition) is 11. The number of pyridine rings is 1. The number of amides is 4. The van der Waals surface area contributed by atoms with E-state index in [9.17, 15) is 32.3 Å². The lowest BCUT2D eigenvalue weighted by Gasteiger charge is -2.43. The topological polar surface area (TPSA) is 160 Å². The summed E-state index contributed by atoms with van der Waals surface area (Å²) in [7, 11) is 3.08. The summed E-state index contributed by atoms with van der Waals surface area (Å²) in [5, 5.41) is 7.79. The van der Waals surface area contributed by atoms with Crippen LogP contribution in [0.15, 0.2) is 41.9 Å². The summed E-state index contributed by atoms with van der Waals surface area (Å²) in [5.41, 5.74) is 8.01. The Hall–Kier alpha value is -4.95. The van der Waals surface area contributed by atoms with Gasteiger partial charge in [0.1, 0.15) is 30.0 Å². The van der Waals surface area contributed by atoms with E-state index in [4.69, 9.17) is 19.4 Å². The van der Waals surface area contributed by atoms with E-state index in [1.165, 1.54) is 33.2 Å². The van der Waals surface area contributed by atoms with Gasteiger partial charge in [0, 0.05) is 67.3 Å². The molecule has 352 valence electrons. The number of thiazole rings is 1. The van der Waals surface area contributed by atoms with Crippen molar-refractivity contribution < 1.29 is 46.6 Å². The number of aldehydes is 1. The van der Waals surface area contributed by atoms with Gasteiger partial charge in [-0.25, -0.2) is 15.2 Å². The third-order valence-corrected chi connectivity index (χ3v) is 13.4. The SMILES string of the molecule is CCn1c(-c2cccnc2[C@H](C)OC)c2c3cc(ccc31)-c1csc(n1)C[C@H](NC(=O)[C@H](C(C)C)N(C)C(=O)N1CC(OC(F)(F)F)C1)C(=O)N1CCC[C@](C=O)(COCC(C)(C)C2)N1. The second-order valence-electron chi connectivity index (χ2n) is 18.5. The third-order valence-electron chi connectivity index (χ3n) is 12.6. The van der Waals surface area contributed by atoms with Crippen LogP contribution in [0, 0.1) is 11.3 Å². The first-order chi connectivity index (χ1) is 30.8. The number of carbonyl (C=O) groups is 4. The van der Waals surface area contributed by atoms with E-state index >= 15 is 0 Å². The zero-order chi connectivity index (χ0) is 47.0. The van der Waals surface area contributed by atoms with Gasteiger partial charge >= 0.3 is 12.4 Å². The average Bonchev–Trinajstić information content (AvgIpc) is 3.84. The molecule has 0 saturated carbocycles. The number of alkyl halides is 3. The fourth-order valence-electron chi connectivity index (χ4n) is 9.30. The van der Waals surface area contributed by atoms with E-state index in [1.807, 2.05) is 24.4 Å². The molecule has 4 amide bonds. The summed E-state index contributed by atoms with van der Waals surface area (Å²) in [6.45, 7) is 12.5. The van der Waals surface area contributed by atoms with Crippen molar-refractivity contribution in [1.82, 2.24) is 40.1 Å². The van der Waals surface area contributed by atoms with Gasteiger partial charge < -0.3 is 34.0 Å². The van der Waals surface area contributed by atoms with Crippen LogP contribution in [-0.2, 0) is 48.0 Å². The number of halogens is 3. The van der Waals surface area contributed by atoms with Crippen LogP contribution in [-0.4, -0.2) is 131 Å². The number of hydrazine groups is 1. The number of carbonyl (C=O) groups excluding carboxylic acids is 4. The minimum absolute atomic E-state index is 0.0113. The molecule has 15 nitrogen and oxygen atoms in total. The molecule has 2 N–H and O–H groups in total. The first-order valence-corrected chi connectivity index (χ1v) is 22.9. The number of rotatable bonds is 10. The van der Waals surface area contributed by atoms with Gasteiger partial charge in [0.2, 0.25) is 5.91 Å². The number of benzene rings is 1. The maximum absolute atomic E-state index is 14.6. The molecule has 0 spiro atoms. The number of aromatic nitrogens is 3. The lowest BCUT2D eigenvalue weighted by Crippen LogP contribution is -2.67. The molecule has 4 aromatic rings. The lowest BCUT2D eigenvalue weighted by molar-refractivity contribution is -0.352. The predicted octanol–water partition coefficient (Wildman–Crippen LogP) is 6.54. The van der Waals surface area contributed by atoms with Crippen LogP contribution >= 0.6 is 11.3 Å². The highest BCUT2D eigenvalue weighted by Crippen LogP contribution is 2.42. The van der Waals surface area contributed by atoms with Crippen LogP contribution in [0.5, 0.6) is 0 Å². The van der Waals surface area contributed by atoms with Crippen molar-refractivity contribution in [2.45, 2.75) is 110 Å². The van der Waals surface area contributed by atoms with Crippen LogP contribution in [0.3, 0.4) is 0 Å². The maximum Gasteiger partial charge on any atom is 0.522 e. The second kappa shape index (κ2) is 19.1. The Morgan fingerprint density at radius 3 is 2.60 bits per heavy atom. The standard InChI is InChI=1S/C46H59F3N8O7S/c1-9-56-36-14-13-29-18-32(36)33(40(56)31-12-10-16-50-38(31)28(4)62-8)20-44(5,6)25-63-26-45(24-58)15-11-17-57(53-45)42(60)34(19-37-51-35(29)23-65-37)52-41(59)39(27(2)3)54(7)43(61)55-21-30(22-55)64-46(47,48)49/h10,12-14,16,18,23-24,27-28,30,34,39,53H,9,11,15,17,19-22,25-26H2,1-8H3,(H,52,59)/t28-,34-,39-,45-/m0/s1. The minimum Gasteiger partial charge on any atom is -0.378 e. The van der Waals surface area contributed by atoms with E-state index in [1.54, 1.807) is 27.2 Å². The van der Waals surface area contributed by atoms with Gasteiger partial charge in [-0.05, 0) is 74.3 Å². The highest BCUT2D eigenvalue weighted by Gasteiger charge is 2.45. The first-order valence-electron chi connectivity index (χ1n) is 22.1. The molecule has 3 aromatic heterocycles. The normalized spacial score (nSPS) is 21.7. The van der Waals surface area contributed by atoms with Crippen molar-refractivity contribution in [2.75, 3.05) is 47.0 Å². The molecule has 7 rings (SSSR count). The van der Waals surface area contributed by atoms with Gasteiger partial charge in [0.05, 0.1) is 54.5 Å². The van der Waals surface area contributed by atoms with Gasteiger partial charge in [0.15, 0.2) is 0 Å². The van der Waals surface area contributed by atoms with E-state index in [2.05, 4.69) is 59.0 Å². The number of fused-ring (bicyclic) bond motifs is 6. The fourth-order valence-corrected chi connectivity index (χ4v) is 10.1. The number of likely N-dealkylation sites (N-methyl/N-ethyl adjacent to an activating group) is 1. The van der Waals surface area contributed by atoms with E-state index in [0.29, 0.717) is 36.5 Å². The summed E-state index contributed by atoms with van der Waals surface area (Å²) >= 11 is 1.34. The summed E-state index contributed by atoms with van der Waals surface area (Å²) in [6.07, 6.45) is -2.28. The molecule has 4 atom stereocenters. The molecule has 19 heteroatoms. The van der Waals surface area contributed by atoms with Crippen LogP contribution in [0.25, 0.3) is 33.4 Å². The zero-order valence-corrected chi connectivity index (χ0v) is 39.0. The Balaban J connectivity index is 1.27. The number of ether oxygens (including phenoxy) is 3. The number of methoxy groups -OCH3 is 1. The molecule has 3 aliphatic rings. The molecular formula is C46H59F3N8O7S. The van der Waals surface area contributed by atoms with E-state index in [-0.39, 0.29) is 45.4 Å². The van der Waals surface area contributed by atoms with E-state index in [0.717, 1.165) is 45.3 Å². The highest BCUT2D eigenvalue weighted by molar-refractivity contribution is 7.10. The average molecular weight is 925 g/mol. The third kappa shape index (κ3) is 10.2. The van der Waals surface area contributed by atoms with Crippen LogP contribution < -0.4 is 10.7 Å². The molecule has 65 heavy (non-hydrogen) atoms. The van der Waals surface area contributed by atoms with Crippen LogP contribution in [0.4, 0.5) is 18.0 Å². The van der Waals surface area contributed by atoms with E-state index < -0.39 is 59.3 Å². The van der Waals surface area contributed by atoms with Gasteiger partial charge in [-0.1, -0.05) is 33.8 Å². The van der Waals surface area contributed by atoms with Gasteiger partial charge in [0.25, 0.3) is 5.91 Å². The molecule has 6 bridgehead atoms. The fraction of sp³-hybridized carbons (Fsp3) is 0.565. The molecule has 3 aliphatic heterocycles. The Bertz CT molecular complexity index is 2400. The second-order valence-corrected chi connectivity index (χ2v) is 19.4. The van der Waals surface area contributed by atoms with Crippen molar-refractivity contribution in [3.05, 3.63) is 58.2 Å². The number of aryl methyl sites for hydroxylation is 1. The monoisotopic (exact) mass is 924 g/mol.